The van der Waals surface area contributed by atoms with Gasteiger partial charge >= 0.3 is 0 Å². The molecule has 1 aromatic rings. The molecule has 26 heavy (non-hydrogen) atoms. The molecule has 1 N–H and O–H groups in total. The first-order chi connectivity index (χ1) is 12.7. The van der Waals surface area contributed by atoms with Crippen molar-refractivity contribution in [2.24, 2.45) is 0 Å². The first-order valence-electron chi connectivity index (χ1n) is 10.2. The Morgan fingerprint density at radius 2 is 1.69 bits per heavy atom. The summed E-state index contributed by atoms with van der Waals surface area (Å²) in [6.07, 6.45) is 8.13. The molecule has 0 radical (unpaired) electrons. The van der Waals surface area contributed by atoms with E-state index in [2.05, 4.69) is 17.1 Å². The maximum absolute atomic E-state index is 13.1. The fourth-order valence-corrected chi connectivity index (χ4v) is 3.87. The third-order valence-corrected chi connectivity index (χ3v) is 5.36. The van der Waals surface area contributed by atoms with Crippen LogP contribution in [0.25, 0.3) is 0 Å². The van der Waals surface area contributed by atoms with Crippen LogP contribution in [0.2, 0.25) is 0 Å². The summed E-state index contributed by atoms with van der Waals surface area (Å²) >= 11 is 0. The highest BCUT2D eigenvalue weighted by molar-refractivity contribution is 6.02. The molecule has 2 saturated heterocycles. The van der Waals surface area contributed by atoms with Crippen molar-refractivity contribution in [1.82, 2.24) is 4.90 Å². The lowest BCUT2D eigenvalue weighted by atomic mass is 10.1. The van der Waals surface area contributed by atoms with Gasteiger partial charge in [0, 0.05) is 44.0 Å². The van der Waals surface area contributed by atoms with Gasteiger partial charge in [-0.3, -0.25) is 9.59 Å². The lowest BCUT2D eigenvalue weighted by molar-refractivity contribution is -0.116. The van der Waals surface area contributed by atoms with Crippen LogP contribution >= 0.6 is 0 Å². The van der Waals surface area contributed by atoms with Crippen LogP contribution in [0.3, 0.4) is 0 Å². The molecular weight excluding hydrogens is 326 g/mol. The summed E-state index contributed by atoms with van der Waals surface area (Å²) in [7, 11) is 0. The topological polar surface area (TPSA) is 52.7 Å². The SMILES string of the molecule is CCCCCC(=O)Nc1ccc(N2CCCC2)c(C(=O)N2CCCC2)c1. The molecule has 2 amide bonds. The highest BCUT2D eigenvalue weighted by Crippen LogP contribution is 2.29. The van der Waals surface area contributed by atoms with Gasteiger partial charge in [-0.1, -0.05) is 19.8 Å². The normalized spacial score (nSPS) is 17.0. The first-order valence-corrected chi connectivity index (χ1v) is 10.2. The molecule has 3 rings (SSSR count). The minimum Gasteiger partial charge on any atom is -0.371 e. The van der Waals surface area contributed by atoms with E-state index in [9.17, 15) is 9.59 Å². The molecule has 0 aliphatic carbocycles. The van der Waals surface area contributed by atoms with Crippen molar-refractivity contribution in [2.75, 3.05) is 36.4 Å². The third kappa shape index (κ3) is 4.57. The molecule has 5 heteroatoms. The number of hydrogen-bond donors (Lipinski definition) is 1. The Labute approximate surface area is 156 Å². The molecule has 1 aromatic carbocycles. The summed E-state index contributed by atoms with van der Waals surface area (Å²) in [5.41, 5.74) is 2.49. The van der Waals surface area contributed by atoms with E-state index < -0.39 is 0 Å². The lowest BCUT2D eigenvalue weighted by Gasteiger charge is -2.24. The zero-order valence-electron chi connectivity index (χ0n) is 15.9. The summed E-state index contributed by atoms with van der Waals surface area (Å²) in [5, 5.41) is 2.98. The number of nitrogens with one attached hydrogen (secondary N) is 1. The molecule has 142 valence electrons. The van der Waals surface area contributed by atoms with Gasteiger partial charge in [-0.05, 0) is 50.3 Å². The van der Waals surface area contributed by atoms with E-state index in [0.717, 1.165) is 75.2 Å². The van der Waals surface area contributed by atoms with E-state index >= 15 is 0 Å². The number of hydrogen-bond acceptors (Lipinski definition) is 3. The Morgan fingerprint density at radius 1 is 1.00 bits per heavy atom. The highest BCUT2D eigenvalue weighted by atomic mass is 16.2. The summed E-state index contributed by atoms with van der Waals surface area (Å²) in [6.45, 7) is 5.81. The van der Waals surface area contributed by atoms with E-state index in [1.807, 2.05) is 23.1 Å². The number of amides is 2. The minimum atomic E-state index is 0.0342. The van der Waals surface area contributed by atoms with Gasteiger partial charge in [0.15, 0.2) is 0 Å². The van der Waals surface area contributed by atoms with Crippen LogP contribution in [0, 0.1) is 0 Å². The largest absolute Gasteiger partial charge is 0.371 e. The summed E-state index contributed by atoms with van der Waals surface area (Å²) < 4.78 is 0. The quantitative estimate of drug-likeness (QED) is 0.749. The Hall–Kier alpha value is -2.04. The van der Waals surface area contributed by atoms with Gasteiger partial charge in [0.1, 0.15) is 0 Å². The highest BCUT2D eigenvalue weighted by Gasteiger charge is 2.25. The van der Waals surface area contributed by atoms with Crippen molar-refractivity contribution in [2.45, 2.75) is 58.3 Å². The molecule has 2 heterocycles. The molecule has 2 fully saturated rings. The second-order valence-electron chi connectivity index (χ2n) is 7.43. The third-order valence-electron chi connectivity index (χ3n) is 5.36. The van der Waals surface area contributed by atoms with Crippen LogP contribution in [-0.4, -0.2) is 42.9 Å². The monoisotopic (exact) mass is 357 g/mol. The summed E-state index contributed by atoms with van der Waals surface area (Å²) in [5.74, 6) is 0.137. The number of rotatable bonds is 7. The van der Waals surface area contributed by atoms with Gasteiger partial charge in [0.2, 0.25) is 5.91 Å². The number of carbonyl (C=O) groups excluding carboxylic acids is 2. The molecule has 0 unspecified atom stereocenters. The zero-order chi connectivity index (χ0) is 18.4. The average molecular weight is 357 g/mol. The zero-order valence-corrected chi connectivity index (χ0v) is 15.9. The van der Waals surface area contributed by atoms with E-state index in [-0.39, 0.29) is 11.8 Å². The fraction of sp³-hybridized carbons (Fsp3) is 0.619. The van der Waals surface area contributed by atoms with Gasteiger partial charge in [0.05, 0.1) is 5.56 Å². The van der Waals surface area contributed by atoms with Gasteiger partial charge in [-0.25, -0.2) is 0 Å². The predicted molar refractivity (Wildman–Crippen MR) is 106 cm³/mol. The maximum Gasteiger partial charge on any atom is 0.256 e. The number of unbranched alkanes of at least 4 members (excludes halogenated alkanes) is 2. The molecule has 0 spiro atoms. The Kier molecular flexibility index (Phi) is 6.53. The second-order valence-corrected chi connectivity index (χ2v) is 7.43. The molecule has 0 aromatic heterocycles. The minimum absolute atomic E-state index is 0.0342. The number of likely N-dealkylation sites (tertiary alicyclic amines) is 1. The lowest BCUT2D eigenvalue weighted by Crippen LogP contribution is -2.30. The van der Waals surface area contributed by atoms with Crippen molar-refractivity contribution >= 4 is 23.2 Å². The van der Waals surface area contributed by atoms with Crippen LogP contribution < -0.4 is 10.2 Å². The number of nitrogens with zero attached hydrogens (tertiary/aromatic N) is 2. The van der Waals surface area contributed by atoms with E-state index in [0.29, 0.717) is 6.42 Å². The molecular formula is C21H31N3O2. The molecule has 0 saturated carbocycles. The predicted octanol–water partition coefficient (Wildman–Crippen LogP) is 4.04. The Morgan fingerprint density at radius 3 is 2.38 bits per heavy atom. The van der Waals surface area contributed by atoms with Crippen LogP contribution in [0.1, 0.15) is 68.6 Å². The summed E-state index contributed by atoms with van der Waals surface area (Å²) in [6, 6.07) is 5.83. The fourth-order valence-electron chi connectivity index (χ4n) is 3.87. The standard InChI is InChI=1S/C21H31N3O2/c1-2-3-4-9-20(25)22-17-10-11-19(23-12-5-6-13-23)18(16-17)21(26)24-14-7-8-15-24/h10-11,16H,2-9,12-15H2,1H3,(H,22,25). The van der Waals surface area contributed by atoms with Crippen molar-refractivity contribution in [3.05, 3.63) is 23.8 Å². The van der Waals surface area contributed by atoms with Crippen molar-refractivity contribution in [3.63, 3.8) is 0 Å². The van der Waals surface area contributed by atoms with Gasteiger partial charge in [-0.2, -0.15) is 0 Å². The smallest absolute Gasteiger partial charge is 0.256 e. The maximum atomic E-state index is 13.1. The van der Waals surface area contributed by atoms with Crippen LogP contribution in [0.4, 0.5) is 11.4 Å². The Balaban J connectivity index is 1.78. The van der Waals surface area contributed by atoms with Crippen molar-refractivity contribution in [3.8, 4) is 0 Å². The van der Waals surface area contributed by atoms with Crippen LogP contribution in [-0.2, 0) is 4.79 Å². The van der Waals surface area contributed by atoms with Gasteiger partial charge in [0.25, 0.3) is 5.91 Å². The number of benzene rings is 1. The van der Waals surface area contributed by atoms with Gasteiger partial charge < -0.3 is 15.1 Å². The number of anilines is 2. The van der Waals surface area contributed by atoms with Crippen molar-refractivity contribution in [1.29, 1.82) is 0 Å². The first kappa shape index (κ1) is 18.7. The van der Waals surface area contributed by atoms with Gasteiger partial charge in [-0.15, -0.1) is 0 Å². The van der Waals surface area contributed by atoms with Crippen LogP contribution in [0.15, 0.2) is 18.2 Å². The number of carbonyl (C=O) groups is 2. The molecule has 0 atom stereocenters. The molecule has 0 bridgehead atoms. The molecule has 2 aliphatic heterocycles. The van der Waals surface area contributed by atoms with E-state index in [1.54, 1.807) is 0 Å². The molecule has 2 aliphatic rings. The summed E-state index contributed by atoms with van der Waals surface area (Å²) in [4.78, 5) is 29.5. The average Bonchev–Trinajstić information content (AvgIpc) is 3.35. The van der Waals surface area contributed by atoms with E-state index in [4.69, 9.17) is 0 Å². The second kappa shape index (κ2) is 9.06. The van der Waals surface area contributed by atoms with E-state index in [1.165, 1.54) is 12.8 Å². The molecule has 5 nitrogen and oxygen atoms in total. The van der Waals surface area contributed by atoms with Crippen molar-refractivity contribution < 1.29 is 9.59 Å². The Bertz CT molecular complexity index is 632. The van der Waals surface area contributed by atoms with Crippen LogP contribution in [0.5, 0.6) is 0 Å².